The number of rotatable bonds is 11. The lowest BCUT2D eigenvalue weighted by molar-refractivity contribution is 0.00798. The SMILES string of the molecule is CCCCC(Oc1ccc2c(ccc(=O)n2C)c1)N(CCc1cccnc1)Cc1cc2ccccc2o1.Cl.Cl. The van der Waals surface area contributed by atoms with Gasteiger partial charge in [-0.3, -0.25) is 14.7 Å². The molecule has 0 amide bonds. The van der Waals surface area contributed by atoms with Gasteiger partial charge in [0, 0.05) is 42.8 Å². The van der Waals surface area contributed by atoms with Gasteiger partial charge in [-0.15, -0.1) is 24.8 Å². The fraction of sp³-hybridized carbons (Fsp3) is 0.290. The number of fused-ring (bicyclic) bond motifs is 2. The summed E-state index contributed by atoms with van der Waals surface area (Å²) in [6.07, 6.45) is 7.49. The van der Waals surface area contributed by atoms with Crippen LogP contribution >= 0.6 is 24.8 Å². The van der Waals surface area contributed by atoms with E-state index < -0.39 is 0 Å². The van der Waals surface area contributed by atoms with Gasteiger partial charge in [0.1, 0.15) is 17.1 Å². The van der Waals surface area contributed by atoms with Crippen LogP contribution in [0.3, 0.4) is 0 Å². The molecule has 0 aliphatic heterocycles. The molecule has 1 unspecified atom stereocenters. The molecule has 39 heavy (non-hydrogen) atoms. The molecule has 0 bridgehead atoms. The molecular formula is C31H35Cl2N3O3. The molecule has 0 fully saturated rings. The van der Waals surface area contributed by atoms with E-state index in [0.29, 0.717) is 6.54 Å². The van der Waals surface area contributed by atoms with Crippen LogP contribution in [0.2, 0.25) is 0 Å². The lowest BCUT2D eigenvalue weighted by Gasteiger charge is -2.31. The second-order valence-corrected chi connectivity index (χ2v) is 9.50. The van der Waals surface area contributed by atoms with Crippen LogP contribution in [0.25, 0.3) is 21.9 Å². The Bertz CT molecular complexity index is 1500. The van der Waals surface area contributed by atoms with Crippen molar-refractivity contribution in [3.8, 4) is 5.75 Å². The number of hydrogen-bond acceptors (Lipinski definition) is 5. The van der Waals surface area contributed by atoms with Crippen LogP contribution in [0.1, 0.15) is 37.5 Å². The molecule has 0 saturated heterocycles. The Labute approximate surface area is 241 Å². The zero-order chi connectivity index (χ0) is 25.6. The smallest absolute Gasteiger partial charge is 0.250 e. The molecule has 6 nitrogen and oxygen atoms in total. The maximum absolute atomic E-state index is 12.0. The second kappa shape index (κ2) is 14.2. The van der Waals surface area contributed by atoms with Gasteiger partial charge in [-0.05, 0) is 67.3 Å². The lowest BCUT2D eigenvalue weighted by atomic mass is 10.1. The van der Waals surface area contributed by atoms with Gasteiger partial charge in [-0.25, -0.2) is 0 Å². The Morgan fingerprint density at radius 2 is 1.85 bits per heavy atom. The molecule has 5 rings (SSSR count). The van der Waals surface area contributed by atoms with Crippen LogP contribution in [-0.2, 0) is 20.0 Å². The Morgan fingerprint density at radius 1 is 1.00 bits per heavy atom. The summed E-state index contributed by atoms with van der Waals surface area (Å²) in [4.78, 5) is 18.7. The summed E-state index contributed by atoms with van der Waals surface area (Å²) in [5.74, 6) is 1.72. The maximum atomic E-state index is 12.0. The third-order valence-corrected chi connectivity index (χ3v) is 6.83. The van der Waals surface area contributed by atoms with Crippen molar-refractivity contribution in [1.82, 2.24) is 14.5 Å². The van der Waals surface area contributed by atoms with E-state index in [1.165, 1.54) is 5.56 Å². The zero-order valence-electron chi connectivity index (χ0n) is 22.3. The molecule has 0 N–H and O–H groups in total. The number of ether oxygens (including phenoxy) is 1. The van der Waals surface area contributed by atoms with E-state index in [9.17, 15) is 4.79 Å². The maximum Gasteiger partial charge on any atom is 0.250 e. The van der Waals surface area contributed by atoms with E-state index in [1.54, 1.807) is 23.9 Å². The standard InChI is InChI=1S/C31H33N3O3.2ClH/c1-3-4-11-31(37-26-13-14-28-24(19-26)12-15-30(35)33(28)2)34(18-16-23-8-7-17-32-21-23)22-27-20-25-9-5-6-10-29(25)36-27;;/h5-10,12-15,17,19-21,31H,3-4,11,16,18,22H2,1-2H3;2*1H. The van der Waals surface area contributed by atoms with Crippen molar-refractivity contribution >= 4 is 46.7 Å². The predicted octanol–water partition coefficient (Wildman–Crippen LogP) is 7.16. The molecular weight excluding hydrogens is 533 g/mol. The van der Waals surface area contributed by atoms with Gasteiger partial charge in [0.15, 0.2) is 6.23 Å². The van der Waals surface area contributed by atoms with E-state index in [0.717, 1.165) is 65.6 Å². The predicted molar refractivity (Wildman–Crippen MR) is 162 cm³/mol. The third kappa shape index (κ3) is 7.41. The highest BCUT2D eigenvalue weighted by atomic mass is 35.5. The zero-order valence-corrected chi connectivity index (χ0v) is 23.9. The number of pyridine rings is 2. The van der Waals surface area contributed by atoms with Gasteiger partial charge < -0.3 is 13.7 Å². The highest BCUT2D eigenvalue weighted by Crippen LogP contribution is 2.26. The normalized spacial score (nSPS) is 11.8. The van der Waals surface area contributed by atoms with E-state index in [1.807, 2.05) is 54.7 Å². The van der Waals surface area contributed by atoms with E-state index in [-0.39, 0.29) is 36.6 Å². The van der Waals surface area contributed by atoms with Gasteiger partial charge in [-0.2, -0.15) is 0 Å². The molecule has 0 spiro atoms. The van der Waals surface area contributed by atoms with Crippen molar-refractivity contribution in [2.24, 2.45) is 7.05 Å². The number of para-hydroxylation sites is 1. The summed E-state index contributed by atoms with van der Waals surface area (Å²) in [6, 6.07) is 23.7. The van der Waals surface area contributed by atoms with Gasteiger partial charge in [0.25, 0.3) is 5.56 Å². The van der Waals surface area contributed by atoms with E-state index >= 15 is 0 Å². The summed E-state index contributed by atoms with van der Waals surface area (Å²) in [7, 11) is 1.79. The fourth-order valence-corrected chi connectivity index (χ4v) is 4.75. The highest BCUT2D eigenvalue weighted by Gasteiger charge is 2.22. The monoisotopic (exact) mass is 567 g/mol. The molecule has 5 aromatic rings. The van der Waals surface area contributed by atoms with Gasteiger partial charge in [-0.1, -0.05) is 37.6 Å². The van der Waals surface area contributed by atoms with Gasteiger partial charge >= 0.3 is 0 Å². The highest BCUT2D eigenvalue weighted by molar-refractivity contribution is 5.85. The second-order valence-electron chi connectivity index (χ2n) is 9.50. The number of hydrogen-bond donors (Lipinski definition) is 0. The number of aryl methyl sites for hydroxylation is 1. The van der Waals surface area contributed by atoms with Crippen molar-refractivity contribution in [3.63, 3.8) is 0 Å². The van der Waals surface area contributed by atoms with Gasteiger partial charge in [0.2, 0.25) is 0 Å². The first-order valence-corrected chi connectivity index (χ1v) is 13.0. The molecule has 3 heterocycles. The largest absolute Gasteiger partial charge is 0.475 e. The first-order chi connectivity index (χ1) is 18.1. The van der Waals surface area contributed by atoms with Crippen LogP contribution in [0.15, 0.2) is 94.4 Å². The summed E-state index contributed by atoms with van der Waals surface area (Å²) >= 11 is 0. The van der Waals surface area contributed by atoms with Crippen molar-refractivity contribution in [1.29, 1.82) is 0 Å². The first-order valence-electron chi connectivity index (χ1n) is 13.0. The van der Waals surface area contributed by atoms with Crippen molar-refractivity contribution in [3.05, 3.63) is 107 Å². The molecule has 2 aromatic carbocycles. The van der Waals surface area contributed by atoms with Crippen LogP contribution < -0.4 is 10.3 Å². The van der Waals surface area contributed by atoms with Crippen molar-refractivity contribution in [2.75, 3.05) is 6.54 Å². The molecule has 1 atom stereocenters. The first kappa shape index (κ1) is 30.2. The Hall–Kier alpha value is -3.32. The Balaban J connectivity index is 0.00000210. The van der Waals surface area contributed by atoms with Crippen molar-refractivity contribution < 1.29 is 9.15 Å². The number of furan rings is 1. The number of unbranched alkanes of at least 4 members (excludes halogenated alkanes) is 1. The minimum atomic E-state index is -0.130. The van der Waals surface area contributed by atoms with Gasteiger partial charge in [0.05, 0.1) is 12.1 Å². The van der Waals surface area contributed by atoms with Crippen LogP contribution in [-0.4, -0.2) is 27.2 Å². The van der Waals surface area contributed by atoms with Crippen molar-refractivity contribution in [2.45, 2.75) is 45.4 Å². The van der Waals surface area contributed by atoms with Crippen LogP contribution in [0, 0.1) is 0 Å². The molecule has 3 aromatic heterocycles. The molecule has 0 saturated carbocycles. The third-order valence-electron chi connectivity index (χ3n) is 6.83. The topological polar surface area (TPSA) is 60.5 Å². The van der Waals surface area contributed by atoms with E-state index in [4.69, 9.17) is 9.15 Å². The Morgan fingerprint density at radius 3 is 2.62 bits per heavy atom. The number of nitrogens with zero attached hydrogens (tertiary/aromatic N) is 3. The summed E-state index contributed by atoms with van der Waals surface area (Å²) in [5, 5.41) is 2.09. The minimum Gasteiger partial charge on any atom is -0.475 e. The van der Waals surface area contributed by atoms with Crippen LogP contribution in [0.4, 0.5) is 0 Å². The molecule has 0 aliphatic rings. The quantitative estimate of drug-likeness (QED) is 0.158. The number of aromatic nitrogens is 2. The lowest BCUT2D eigenvalue weighted by Crippen LogP contribution is -2.40. The Kier molecular flexibility index (Phi) is 11.0. The van der Waals surface area contributed by atoms with Crippen LogP contribution in [0.5, 0.6) is 5.75 Å². The molecule has 0 radical (unpaired) electrons. The summed E-state index contributed by atoms with van der Waals surface area (Å²) < 4.78 is 14.5. The number of benzene rings is 2. The van der Waals surface area contributed by atoms with E-state index in [2.05, 4.69) is 35.0 Å². The summed E-state index contributed by atoms with van der Waals surface area (Å²) in [5.41, 5.74) is 2.96. The average molecular weight is 569 g/mol. The summed E-state index contributed by atoms with van der Waals surface area (Å²) in [6.45, 7) is 3.65. The number of halogens is 2. The fourth-order valence-electron chi connectivity index (χ4n) is 4.75. The molecule has 8 heteroatoms. The molecule has 0 aliphatic carbocycles. The molecule has 206 valence electrons. The average Bonchev–Trinajstić information content (AvgIpc) is 3.34. The minimum absolute atomic E-state index is 0.